The number of halogens is 2. The Bertz CT molecular complexity index is 1200. The van der Waals surface area contributed by atoms with Gasteiger partial charge in [0.25, 0.3) is 0 Å². The maximum absolute atomic E-state index is 14.1. The van der Waals surface area contributed by atoms with E-state index in [2.05, 4.69) is 77.9 Å². The second kappa shape index (κ2) is 9.49. The van der Waals surface area contributed by atoms with E-state index in [9.17, 15) is 9.18 Å². The predicted octanol–water partition coefficient (Wildman–Crippen LogP) is 7.48. The summed E-state index contributed by atoms with van der Waals surface area (Å²) in [6.07, 6.45) is 4.46. The van der Waals surface area contributed by atoms with E-state index in [1.54, 1.807) is 18.2 Å². The first-order chi connectivity index (χ1) is 15.8. The number of benzene rings is 3. The molecular formula is C27H28BrFN3O+. The second-order valence-electron chi connectivity index (χ2n) is 9.02. The molecule has 2 amide bonds. The quantitative estimate of drug-likeness (QED) is 0.344. The first-order valence-electron chi connectivity index (χ1n) is 11.0. The van der Waals surface area contributed by atoms with Crippen LogP contribution in [0.5, 0.6) is 0 Å². The Kier molecular flexibility index (Phi) is 6.68. The molecule has 1 heterocycles. The van der Waals surface area contributed by atoms with Crippen LogP contribution in [0.1, 0.15) is 30.9 Å². The highest BCUT2D eigenvalue weighted by Gasteiger charge is 2.37. The molecule has 4 nitrogen and oxygen atoms in total. The summed E-state index contributed by atoms with van der Waals surface area (Å²) in [5.74, 6) is 0.0215. The molecule has 2 atom stereocenters. The monoisotopic (exact) mass is 508 g/mol. The van der Waals surface area contributed by atoms with Crippen molar-refractivity contribution in [3.63, 3.8) is 0 Å². The van der Waals surface area contributed by atoms with Crippen LogP contribution in [-0.4, -0.2) is 19.6 Å². The fourth-order valence-corrected chi connectivity index (χ4v) is 5.15. The van der Waals surface area contributed by atoms with Crippen molar-refractivity contribution >= 4 is 39.0 Å². The number of para-hydroxylation sites is 1. The first kappa shape index (κ1) is 23.2. The van der Waals surface area contributed by atoms with Crippen molar-refractivity contribution in [1.29, 1.82) is 0 Å². The van der Waals surface area contributed by atoms with E-state index >= 15 is 0 Å². The van der Waals surface area contributed by atoms with Gasteiger partial charge in [-0.2, -0.15) is 0 Å². The predicted molar refractivity (Wildman–Crippen MR) is 138 cm³/mol. The fraction of sp³-hybridized carbons (Fsp3) is 0.222. The summed E-state index contributed by atoms with van der Waals surface area (Å²) in [4.78, 5) is 12.9. The van der Waals surface area contributed by atoms with E-state index in [-0.39, 0.29) is 11.6 Å². The topological polar surface area (TPSA) is 41.1 Å². The normalized spacial score (nSPS) is 19.3. The minimum atomic E-state index is -0.484. The summed E-state index contributed by atoms with van der Waals surface area (Å²) in [7, 11) is 2.16. The van der Waals surface area contributed by atoms with Gasteiger partial charge in [0, 0.05) is 21.9 Å². The molecule has 3 aromatic carbocycles. The third kappa shape index (κ3) is 5.02. The molecule has 0 fully saturated rings. The van der Waals surface area contributed by atoms with Crippen molar-refractivity contribution in [1.82, 2.24) is 4.48 Å². The smallest absolute Gasteiger partial charge is 0.305 e. The number of hydrogen-bond donors (Lipinski definition) is 2. The lowest BCUT2D eigenvalue weighted by Gasteiger charge is -2.39. The zero-order valence-electron chi connectivity index (χ0n) is 19.0. The minimum Gasteiger partial charge on any atom is -0.305 e. The van der Waals surface area contributed by atoms with E-state index in [4.69, 9.17) is 0 Å². The van der Waals surface area contributed by atoms with Crippen molar-refractivity contribution in [3.8, 4) is 0 Å². The van der Waals surface area contributed by atoms with Gasteiger partial charge in [-0.3, -0.25) is 4.48 Å². The number of carbonyl (C=O) groups excluding carboxylic acids is 1. The molecule has 2 unspecified atom stereocenters. The number of amides is 2. The SMILES string of the molecule is CC(C)C[N+]1(C)C=CC(c2ccccc2)c2cc(Br)cc(NC(=O)Nc3ccccc3F)c21. The Morgan fingerprint density at radius 3 is 2.39 bits per heavy atom. The number of urea groups is 1. The second-order valence-corrected chi connectivity index (χ2v) is 9.94. The molecule has 1 aliphatic rings. The lowest BCUT2D eigenvalue weighted by molar-refractivity contribution is 0.262. The summed E-state index contributed by atoms with van der Waals surface area (Å²) in [6, 6.07) is 20.0. The van der Waals surface area contributed by atoms with Crippen LogP contribution >= 0.6 is 15.9 Å². The fourth-order valence-electron chi connectivity index (χ4n) is 4.68. The number of rotatable bonds is 5. The molecule has 0 saturated carbocycles. The molecule has 170 valence electrons. The highest BCUT2D eigenvalue weighted by molar-refractivity contribution is 9.10. The molecule has 4 rings (SSSR count). The molecule has 2 N–H and O–H groups in total. The average Bonchev–Trinajstić information content (AvgIpc) is 2.75. The van der Waals surface area contributed by atoms with Gasteiger partial charge in [0.05, 0.1) is 25.5 Å². The van der Waals surface area contributed by atoms with Crippen molar-refractivity contribution < 1.29 is 9.18 Å². The van der Waals surface area contributed by atoms with E-state index in [1.807, 2.05) is 24.3 Å². The summed E-state index contributed by atoms with van der Waals surface area (Å²) in [6.45, 7) is 5.25. The highest BCUT2D eigenvalue weighted by Crippen LogP contribution is 2.47. The van der Waals surface area contributed by atoms with Crippen LogP contribution in [0, 0.1) is 11.7 Å². The number of carbonyl (C=O) groups is 1. The number of nitrogens with zero attached hydrogens (tertiary/aromatic N) is 1. The minimum absolute atomic E-state index is 0.0623. The maximum atomic E-state index is 14.1. The zero-order valence-corrected chi connectivity index (χ0v) is 20.6. The Hall–Kier alpha value is -2.96. The standard InChI is InChI=1S/C27H27BrFN3O/c1-18(2)17-32(3)14-13-21(19-9-5-4-6-10-19)22-15-20(28)16-25(26(22)32)31-27(33)30-24-12-8-7-11-23(24)29/h4-16,18,21H,17H2,1-3H3,(H-,30,31,33)/p+1. The maximum Gasteiger partial charge on any atom is 0.323 e. The molecule has 0 saturated heterocycles. The molecule has 0 spiro atoms. The van der Waals surface area contributed by atoms with Crippen molar-refractivity contribution in [2.45, 2.75) is 19.8 Å². The number of quaternary nitrogens is 1. The van der Waals surface area contributed by atoms with Crippen LogP contribution < -0.4 is 15.1 Å². The molecule has 0 radical (unpaired) electrons. The van der Waals surface area contributed by atoms with Gasteiger partial charge >= 0.3 is 6.03 Å². The van der Waals surface area contributed by atoms with Gasteiger partial charge in [-0.15, -0.1) is 0 Å². The van der Waals surface area contributed by atoms with Crippen LogP contribution in [0.4, 0.5) is 26.2 Å². The molecule has 0 aromatic heterocycles. The first-order valence-corrected chi connectivity index (χ1v) is 11.8. The van der Waals surface area contributed by atoms with E-state index in [0.29, 0.717) is 16.1 Å². The molecule has 0 aliphatic carbocycles. The summed E-state index contributed by atoms with van der Waals surface area (Å²) in [5.41, 5.74) is 4.18. The number of allylic oxidation sites excluding steroid dienone is 1. The van der Waals surface area contributed by atoms with Crippen molar-refractivity contribution in [3.05, 3.63) is 100 Å². The van der Waals surface area contributed by atoms with Crippen LogP contribution in [0.2, 0.25) is 0 Å². The molecule has 33 heavy (non-hydrogen) atoms. The molecule has 6 heteroatoms. The van der Waals surface area contributed by atoms with Crippen molar-refractivity contribution in [2.24, 2.45) is 5.92 Å². The van der Waals surface area contributed by atoms with Gasteiger partial charge in [-0.05, 0) is 35.9 Å². The van der Waals surface area contributed by atoms with Gasteiger partial charge in [-0.25, -0.2) is 9.18 Å². The van der Waals surface area contributed by atoms with E-state index in [0.717, 1.165) is 22.3 Å². The van der Waals surface area contributed by atoms with Gasteiger partial charge in [0.1, 0.15) is 11.5 Å². The van der Waals surface area contributed by atoms with Gasteiger partial charge in [0.2, 0.25) is 0 Å². The Balaban J connectivity index is 1.78. The number of nitrogens with one attached hydrogen (secondary N) is 2. The van der Waals surface area contributed by atoms with Crippen LogP contribution in [0.15, 0.2) is 83.5 Å². The van der Waals surface area contributed by atoms with Crippen LogP contribution in [0.3, 0.4) is 0 Å². The number of fused-ring (bicyclic) bond motifs is 1. The third-order valence-electron chi connectivity index (χ3n) is 5.83. The third-order valence-corrected chi connectivity index (χ3v) is 6.29. The number of hydrogen-bond acceptors (Lipinski definition) is 1. The summed E-state index contributed by atoms with van der Waals surface area (Å²) >= 11 is 3.64. The molecule has 3 aromatic rings. The summed E-state index contributed by atoms with van der Waals surface area (Å²) in [5, 5.41) is 5.62. The summed E-state index contributed by atoms with van der Waals surface area (Å²) < 4.78 is 15.5. The Labute approximate surface area is 202 Å². The molecule has 0 bridgehead atoms. The van der Waals surface area contributed by atoms with E-state index in [1.165, 1.54) is 11.6 Å². The largest absolute Gasteiger partial charge is 0.323 e. The lowest BCUT2D eigenvalue weighted by atomic mass is 9.86. The van der Waals surface area contributed by atoms with Gasteiger partial charge in [-0.1, -0.05) is 72.2 Å². The highest BCUT2D eigenvalue weighted by atomic mass is 79.9. The van der Waals surface area contributed by atoms with E-state index < -0.39 is 11.8 Å². The molecular weight excluding hydrogens is 481 g/mol. The molecule has 1 aliphatic heterocycles. The average molecular weight is 509 g/mol. The lowest BCUT2D eigenvalue weighted by Crippen LogP contribution is -2.45. The van der Waals surface area contributed by atoms with Crippen LogP contribution in [-0.2, 0) is 0 Å². The van der Waals surface area contributed by atoms with Gasteiger partial charge in [0.15, 0.2) is 5.69 Å². The Morgan fingerprint density at radius 2 is 1.70 bits per heavy atom. The number of anilines is 2. The Morgan fingerprint density at radius 1 is 1.03 bits per heavy atom. The zero-order chi connectivity index (χ0) is 23.6. The van der Waals surface area contributed by atoms with Gasteiger partial charge < -0.3 is 10.6 Å². The van der Waals surface area contributed by atoms with Crippen molar-refractivity contribution in [2.75, 3.05) is 24.2 Å². The van der Waals surface area contributed by atoms with Crippen LogP contribution in [0.25, 0.3) is 0 Å².